The molecule has 176 valence electrons. The van der Waals surface area contributed by atoms with Gasteiger partial charge in [-0.2, -0.15) is 0 Å². The topological polar surface area (TPSA) is 87.4 Å². The number of azo groups is 1. The number of nitrogens with zero attached hydrogens (tertiary/aromatic N) is 3. The predicted octanol–water partition coefficient (Wildman–Crippen LogP) is 6.93. The molecule has 1 aliphatic heterocycles. The summed E-state index contributed by atoms with van der Waals surface area (Å²) in [6.45, 7) is 7.83. The van der Waals surface area contributed by atoms with Crippen molar-refractivity contribution in [2.45, 2.75) is 58.3 Å². The van der Waals surface area contributed by atoms with Gasteiger partial charge in [-0.15, -0.1) is 17.9 Å². The molecule has 1 aromatic heterocycles. The van der Waals surface area contributed by atoms with Crippen molar-refractivity contribution < 1.29 is 4.86 Å². The summed E-state index contributed by atoms with van der Waals surface area (Å²) in [5.74, 6) is 1.36. The number of nitrogens with one attached hydrogen (secondary N) is 3. The average molecular weight is 467 g/mol. The molecule has 0 amide bonds. The van der Waals surface area contributed by atoms with Crippen LogP contribution in [0.1, 0.15) is 63.3 Å². The highest BCUT2D eigenvalue weighted by Crippen LogP contribution is 2.40. The fourth-order valence-electron chi connectivity index (χ4n) is 3.71. The third-order valence-corrected chi connectivity index (χ3v) is 6.62. The lowest BCUT2D eigenvalue weighted by atomic mass is 9.90. The van der Waals surface area contributed by atoms with E-state index in [4.69, 9.17) is 4.98 Å². The first-order chi connectivity index (χ1) is 16.2. The number of rotatable bonds is 7. The second kappa shape index (κ2) is 12.8. The molecule has 2 aliphatic rings. The van der Waals surface area contributed by atoms with Gasteiger partial charge in [0.25, 0.3) is 5.69 Å². The predicted molar refractivity (Wildman–Crippen MR) is 137 cm³/mol. The van der Waals surface area contributed by atoms with E-state index < -0.39 is 0 Å². The number of thiazole rings is 1. The van der Waals surface area contributed by atoms with Crippen LogP contribution in [0.5, 0.6) is 0 Å². The molecule has 0 bridgehead atoms. The van der Waals surface area contributed by atoms with E-state index in [9.17, 15) is 5.21 Å². The summed E-state index contributed by atoms with van der Waals surface area (Å²) in [6, 6.07) is 5.78. The number of hydrogen-bond acceptors (Lipinski definition) is 7. The van der Waals surface area contributed by atoms with Gasteiger partial charge in [-0.05, 0) is 43.4 Å². The number of anilines is 1. The van der Waals surface area contributed by atoms with Gasteiger partial charge < -0.3 is 21.2 Å². The van der Waals surface area contributed by atoms with Gasteiger partial charge >= 0.3 is 0 Å². The molecular weight excluding hydrogens is 432 g/mol. The lowest BCUT2D eigenvalue weighted by Crippen LogP contribution is -2.20. The third kappa shape index (κ3) is 6.92. The first kappa shape index (κ1) is 24.5. The second-order valence-corrected chi connectivity index (χ2v) is 8.95. The Hall–Kier alpha value is -3.13. The standard InChI is InChI=1S/C21H26N6OS.C4H8/c1-2-25-27(28)18-12-16(26-20-14-22-10-11-23-20)8-9-17(18)19-13-24-21(29-19)15-6-4-3-5-7-15;1-3-4-2/h8-15,22-23,26H,2-7H2,1H3;3H,1,4H2,2H3. The van der Waals surface area contributed by atoms with E-state index in [1.807, 2.05) is 43.6 Å². The molecule has 0 spiro atoms. The molecule has 0 atom stereocenters. The molecule has 4 rings (SSSR count). The Morgan fingerprint density at radius 1 is 1.27 bits per heavy atom. The summed E-state index contributed by atoms with van der Waals surface area (Å²) >= 11 is 1.70. The summed E-state index contributed by atoms with van der Waals surface area (Å²) in [6.07, 6.45) is 16.6. The lowest BCUT2D eigenvalue weighted by molar-refractivity contribution is -0.441. The smallest absolute Gasteiger partial charge is 0.255 e. The summed E-state index contributed by atoms with van der Waals surface area (Å²) in [7, 11) is 0. The van der Waals surface area contributed by atoms with Crippen LogP contribution in [0, 0.1) is 5.21 Å². The van der Waals surface area contributed by atoms with Crippen LogP contribution in [0.25, 0.3) is 10.4 Å². The maximum absolute atomic E-state index is 12.6. The number of benzene rings is 1. The number of allylic oxidation sites excluding steroid dienone is 1. The molecule has 1 saturated carbocycles. The van der Waals surface area contributed by atoms with Crippen molar-refractivity contribution in [3.05, 3.63) is 71.7 Å². The van der Waals surface area contributed by atoms with Gasteiger partial charge in [0.2, 0.25) is 0 Å². The molecule has 1 aromatic carbocycles. The zero-order chi connectivity index (χ0) is 23.5. The number of hydrogen-bond donors (Lipinski definition) is 3. The van der Waals surface area contributed by atoms with Gasteiger partial charge in [-0.25, -0.2) is 4.98 Å². The van der Waals surface area contributed by atoms with Gasteiger partial charge in [0.05, 0.1) is 15.4 Å². The normalized spacial score (nSPS) is 16.1. The molecule has 1 aliphatic carbocycles. The highest BCUT2D eigenvalue weighted by Gasteiger charge is 2.22. The Morgan fingerprint density at radius 3 is 2.73 bits per heavy atom. The van der Waals surface area contributed by atoms with E-state index in [1.165, 1.54) is 37.1 Å². The molecule has 0 saturated heterocycles. The van der Waals surface area contributed by atoms with Crippen molar-refractivity contribution in [1.29, 1.82) is 0 Å². The van der Waals surface area contributed by atoms with Crippen molar-refractivity contribution in [3.8, 4) is 10.4 Å². The van der Waals surface area contributed by atoms with Gasteiger partial charge in [-0.1, -0.05) is 37.1 Å². The molecule has 2 heterocycles. The summed E-state index contributed by atoms with van der Waals surface area (Å²) in [5.41, 5.74) is 2.20. The fourth-order valence-corrected chi connectivity index (χ4v) is 4.83. The quantitative estimate of drug-likeness (QED) is 0.178. The summed E-state index contributed by atoms with van der Waals surface area (Å²) in [5, 5.41) is 27.3. The Bertz CT molecular complexity index is 1000. The highest BCUT2D eigenvalue weighted by atomic mass is 32.1. The molecule has 8 heteroatoms. The van der Waals surface area contributed by atoms with E-state index in [0.717, 1.165) is 33.2 Å². The maximum atomic E-state index is 12.6. The first-order valence-electron chi connectivity index (χ1n) is 11.7. The van der Waals surface area contributed by atoms with Crippen molar-refractivity contribution >= 4 is 22.7 Å². The first-order valence-corrected chi connectivity index (χ1v) is 12.5. The zero-order valence-electron chi connectivity index (χ0n) is 19.5. The Morgan fingerprint density at radius 2 is 2.06 bits per heavy atom. The van der Waals surface area contributed by atoms with E-state index >= 15 is 0 Å². The van der Waals surface area contributed by atoms with Crippen molar-refractivity contribution in [2.24, 2.45) is 5.11 Å². The molecule has 0 radical (unpaired) electrons. The van der Waals surface area contributed by atoms with Crippen molar-refractivity contribution in [2.75, 3.05) is 11.9 Å². The average Bonchev–Trinajstić information content (AvgIpc) is 3.36. The van der Waals surface area contributed by atoms with Crippen LogP contribution in [-0.4, -0.2) is 16.4 Å². The monoisotopic (exact) mass is 466 g/mol. The van der Waals surface area contributed by atoms with Gasteiger partial charge in [0, 0.05) is 42.5 Å². The van der Waals surface area contributed by atoms with Crippen LogP contribution < -0.4 is 16.0 Å². The van der Waals surface area contributed by atoms with Crippen LogP contribution in [0.2, 0.25) is 0 Å². The Kier molecular flexibility index (Phi) is 9.50. The minimum atomic E-state index is 0.429. The molecule has 1 fully saturated rings. The highest BCUT2D eigenvalue weighted by molar-refractivity contribution is 7.15. The van der Waals surface area contributed by atoms with Gasteiger partial charge in [0.1, 0.15) is 12.4 Å². The Balaban J connectivity index is 0.000000709. The van der Waals surface area contributed by atoms with Crippen LogP contribution >= 0.6 is 11.3 Å². The lowest BCUT2D eigenvalue weighted by Gasteiger charge is -2.18. The fraction of sp³-hybridized carbons (Fsp3) is 0.400. The molecule has 2 aromatic rings. The largest absolute Gasteiger partial charge is 0.594 e. The molecule has 3 N–H and O–H groups in total. The van der Waals surface area contributed by atoms with Crippen LogP contribution in [0.3, 0.4) is 0 Å². The van der Waals surface area contributed by atoms with E-state index in [-0.39, 0.29) is 0 Å². The van der Waals surface area contributed by atoms with E-state index in [1.54, 1.807) is 23.7 Å². The molecular formula is C25H34N6OS. The minimum absolute atomic E-state index is 0.429. The van der Waals surface area contributed by atoms with Gasteiger partial charge in [-0.3, -0.25) is 0 Å². The molecule has 0 unspecified atom stereocenters. The third-order valence-electron chi connectivity index (χ3n) is 5.43. The second-order valence-electron chi connectivity index (χ2n) is 7.88. The van der Waals surface area contributed by atoms with Crippen LogP contribution in [0.4, 0.5) is 11.4 Å². The van der Waals surface area contributed by atoms with Crippen LogP contribution in [0.15, 0.2) is 66.6 Å². The van der Waals surface area contributed by atoms with E-state index in [0.29, 0.717) is 18.2 Å². The molecule has 33 heavy (non-hydrogen) atoms. The van der Waals surface area contributed by atoms with Gasteiger partial charge in [0.15, 0.2) is 0 Å². The Labute approximate surface area is 200 Å². The SMILES string of the molecule is C=CCC.CCN=[N+]([O-])c1cc(NC2=CNC=CN2)ccc1-c1cnc(C2CCCCC2)s1. The summed E-state index contributed by atoms with van der Waals surface area (Å²) < 4.78 is 0. The zero-order valence-corrected chi connectivity index (χ0v) is 20.3. The van der Waals surface area contributed by atoms with Crippen molar-refractivity contribution in [3.63, 3.8) is 0 Å². The van der Waals surface area contributed by atoms with Crippen molar-refractivity contribution in [1.82, 2.24) is 15.6 Å². The number of aromatic nitrogens is 1. The van der Waals surface area contributed by atoms with Crippen LogP contribution in [-0.2, 0) is 0 Å². The summed E-state index contributed by atoms with van der Waals surface area (Å²) in [4.78, 5) is 6.43. The maximum Gasteiger partial charge on any atom is 0.255 e. The molecule has 7 nitrogen and oxygen atoms in total. The minimum Gasteiger partial charge on any atom is -0.594 e. The van der Waals surface area contributed by atoms with E-state index in [2.05, 4.69) is 34.6 Å².